The molecule has 1 aliphatic heterocycles. The van der Waals surface area contributed by atoms with Crippen LogP contribution in [0.4, 0.5) is 13.2 Å². The number of methoxy groups -OCH3 is 1. The summed E-state index contributed by atoms with van der Waals surface area (Å²) in [6, 6.07) is 5.01. The fourth-order valence-corrected chi connectivity index (χ4v) is 2.35. The van der Waals surface area contributed by atoms with Gasteiger partial charge in [-0.25, -0.2) is 0 Å². The van der Waals surface area contributed by atoms with Gasteiger partial charge in [-0.1, -0.05) is 12.1 Å². The van der Waals surface area contributed by atoms with Gasteiger partial charge >= 0.3 is 6.36 Å². The Kier molecular flexibility index (Phi) is 4.92. The smallest absolute Gasteiger partial charge is 0.406 e. The number of carbonyl (C=O) groups is 1. The van der Waals surface area contributed by atoms with E-state index in [-0.39, 0.29) is 30.2 Å². The van der Waals surface area contributed by atoms with Gasteiger partial charge in [0.05, 0.1) is 18.6 Å². The molecule has 2 atom stereocenters. The molecular formula is C14H17F3N2O3. The lowest BCUT2D eigenvalue weighted by molar-refractivity contribution is -0.274. The van der Waals surface area contributed by atoms with Crippen molar-refractivity contribution in [3.63, 3.8) is 0 Å². The van der Waals surface area contributed by atoms with E-state index in [0.29, 0.717) is 18.7 Å². The van der Waals surface area contributed by atoms with E-state index in [4.69, 9.17) is 10.5 Å². The van der Waals surface area contributed by atoms with Crippen molar-refractivity contribution in [2.45, 2.75) is 24.9 Å². The number of likely N-dealkylation sites (tertiary alicyclic amines) is 1. The molecule has 1 aromatic carbocycles. The topological polar surface area (TPSA) is 64.8 Å². The van der Waals surface area contributed by atoms with Crippen molar-refractivity contribution in [3.8, 4) is 5.75 Å². The highest BCUT2D eigenvalue weighted by atomic mass is 19.4. The molecule has 0 saturated carbocycles. The number of hydrogen-bond donors (Lipinski definition) is 1. The monoisotopic (exact) mass is 318 g/mol. The second kappa shape index (κ2) is 6.53. The third kappa shape index (κ3) is 4.35. The minimum absolute atomic E-state index is 0.0927. The Labute approximate surface area is 125 Å². The van der Waals surface area contributed by atoms with E-state index in [2.05, 4.69) is 4.74 Å². The molecule has 122 valence electrons. The number of nitrogens with two attached hydrogens (primary N) is 1. The van der Waals surface area contributed by atoms with E-state index < -0.39 is 6.36 Å². The minimum atomic E-state index is -4.72. The lowest BCUT2D eigenvalue weighted by atomic mass is 10.1. The van der Waals surface area contributed by atoms with Gasteiger partial charge in [-0.3, -0.25) is 4.79 Å². The molecule has 8 heteroatoms. The Hall–Kier alpha value is -1.80. The van der Waals surface area contributed by atoms with Crippen LogP contribution in [0.25, 0.3) is 0 Å². The lowest BCUT2D eigenvalue weighted by Crippen LogP contribution is -2.34. The molecule has 2 N–H and O–H groups in total. The number of benzene rings is 1. The standard InChI is InChI=1S/C14H17F3N2O3/c1-21-12-8-19(7-11(12)18)13(20)6-9-2-4-10(5-3-9)22-14(15,16)17/h2-5,11-12H,6-8,18H2,1H3. The second-order valence-corrected chi connectivity index (χ2v) is 5.11. The Bertz CT molecular complexity index is 519. The molecule has 0 aromatic heterocycles. The minimum Gasteiger partial charge on any atom is -0.406 e. The largest absolute Gasteiger partial charge is 0.573 e. The lowest BCUT2D eigenvalue weighted by Gasteiger charge is -2.16. The first-order valence-electron chi connectivity index (χ1n) is 6.69. The van der Waals surface area contributed by atoms with Crippen LogP contribution in [0.3, 0.4) is 0 Å². The summed E-state index contributed by atoms with van der Waals surface area (Å²) in [5.74, 6) is -0.453. The van der Waals surface area contributed by atoms with Crippen molar-refractivity contribution in [3.05, 3.63) is 29.8 Å². The molecule has 0 radical (unpaired) electrons. The molecule has 2 unspecified atom stereocenters. The number of rotatable bonds is 4. The van der Waals surface area contributed by atoms with Gasteiger partial charge in [0.15, 0.2) is 0 Å². The van der Waals surface area contributed by atoms with Gasteiger partial charge in [0.25, 0.3) is 0 Å². The van der Waals surface area contributed by atoms with Crippen LogP contribution in [-0.2, 0) is 16.0 Å². The van der Waals surface area contributed by atoms with Gasteiger partial charge in [0.1, 0.15) is 5.75 Å². The van der Waals surface area contributed by atoms with E-state index in [1.54, 1.807) is 4.90 Å². The molecule has 1 aliphatic rings. The van der Waals surface area contributed by atoms with Crippen molar-refractivity contribution in [2.24, 2.45) is 5.73 Å². The van der Waals surface area contributed by atoms with Crippen molar-refractivity contribution < 1.29 is 27.4 Å². The highest BCUT2D eigenvalue weighted by molar-refractivity contribution is 5.79. The quantitative estimate of drug-likeness (QED) is 0.909. The summed E-state index contributed by atoms with van der Waals surface area (Å²) in [4.78, 5) is 13.7. The molecule has 0 aliphatic carbocycles. The number of nitrogens with zero attached hydrogens (tertiary/aromatic N) is 1. The number of alkyl halides is 3. The van der Waals surface area contributed by atoms with Crippen molar-refractivity contribution >= 4 is 5.91 Å². The summed E-state index contributed by atoms with van der Waals surface area (Å²) in [5.41, 5.74) is 6.45. The van der Waals surface area contributed by atoms with Crippen LogP contribution in [0.15, 0.2) is 24.3 Å². The van der Waals surface area contributed by atoms with Crippen LogP contribution < -0.4 is 10.5 Å². The first-order chi connectivity index (χ1) is 10.3. The molecule has 1 aromatic rings. The van der Waals surface area contributed by atoms with Crippen LogP contribution in [0.5, 0.6) is 5.75 Å². The van der Waals surface area contributed by atoms with Crippen molar-refractivity contribution in [2.75, 3.05) is 20.2 Å². The van der Waals surface area contributed by atoms with Gasteiger partial charge in [0.2, 0.25) is 5.91 Å². The average Bonchev–Trinajstić information content (AvgIpc) is 2.81. The second-order valence-electron chi connectivity index (χ2n) is 5.11. The first-order valence-corrected chi connectivity index (χ1v) is 6.69. The van der Waals surface area contributed by atoms with Gasteiger partial charge in [-0.2, -0.15) is 0 Å². The summed E-state index contributed by atoms with van der Waals surface area (Å²) in [5, 5.41) is 0. The van der Waals surface area contributed by atoms with Gasteiger partial charge in [0, 0.05) is 20.2 Å². The zero-order valence-corrected chi connectivity index (χ0v) is 12.0. The molecule has 1 saturated heterocycles. The highest BCUT2D eigenvalue weighted by Crippen LogP contribution is 2.23. The van der Waals surface area contributed by atoms with Crippen LogP contribution in [0.2, 0.25) is 0 Å². The van der Waals surface area contributed by atoms with E-state index in [1.807, 2.05) is 0 Å². The molecule has 0 bridgehead atoms. The van der Waals surface area contributed by atoms with E-state index >= 15 is 0 Å². The van der Waals surface area contributed by atoms with Crippen LogP contribution in [0, 0.1) is 0 Å². The first kappa shape index (κ1) is 16.6. The molecule has 2 rings (SSSR count). The maximum atomic E-state index is 12.1. The number of hydrogen-bond acceptors (Lipinski definition) is 4. The highest BCUT2D eigenvalue weighted by Gasteiger charge is 2.33. The van der Waals surface area contributed by atoms with E-state index in [0.717, 1.165) is 0 Å². The van der Waals surface area contributed by atoms with Crippen LogP contribution in [0.1, 0.15) is 5.56 Å². The molecule has 22 heavy (non-hydrogen) atoms. The van der Waals surface area contributed by atoms with Crippen LogP contribution >= 0.6 is 0 Å². The van der Waals surface area contributed by atoms with Crippen LogP contribution in [-0.4, -0.2) is 49.5 Å². The Morgan fingerprint density at radius 1 is 1.32 bits per heavy atom. The van der Waals surface area contributed by atoms with Gasteiger partial charge in [-0.05, 0) is 17.7 Å². The Morgan fingerprint density at radius 2 is 1.95 bits per heavy atom. The fraction of sp³-hybridized carbons (Fsp3) is 0.500. The third-order valence-electron chi connectivity index (χ3n) is 3.48. The zero-order chi connectivity index (χ0) is 16.3. The maximum Gasteiger partial charge on any atom is 0.573 e. The Morgan fingerprint density at radius 3 is 2.45 bits per heavy atom. The molecule has 1 amide bonds. The van der Waals surface area contributed by atoms with Gasteiger partial charge < -0.3 is 20.1 Å². The van der Waals surface area contributed by atoms with E-state index in [9.17, 15) is 18.0 Å². The van der Waals surface area contributed by atoms with Crippen molar-refractivity contribution in [1.29, 1.82) is 0 Å². The third-order valence-corrected chi connectivity index (χ3v) is 3.48. The predicted molar refractivity (Wildman–Crippen MR) is 72.2 cm³/mol. The van der Waals surface area contributed by atoms with E-state index in [1.165, 1.54) is 31.4 Å². The normalized spacial score (nSPS) is 22.0. The Balaban J connectivity index is 1.92. The maximum absolute atomic E-state index is 12.1. The summed E-state index contributed by atoms with van der Waals surface area (Å²) in [7, 11) is 1.54. The molecule has 0 spiro atoms. The summed E-state index contributed by atoms with van der Waals surface area (Å²) < 4.78 is 45.1. The average molecular weight is 318 g/mol. The number of carbonyl (C=O) groups excluding carboxylic acids is 1. The molecule has 5 nitrogen and oxygen atoms in total. The zero-order valence-electron chi connectivity index (χ0n) is 12.0. The SMILES string of the molecule is COC1CN(C(=O)Cc2ccc(OC(F)(F)F)cc2)CC1N. The summed E-state index contributed by atoms with van der Waals surface area (Å²) in [6.45, 7) is 0.832. The number of amides is 1. The van der Waals surface area contributed by atoms with Crippen molar-refractivity contribution in [1.82, 2.24) is 4.90 Å². The predicted octanol–water partition coefficient (Wildman–Crippen LogP) is 1.31. The van der Waals surface area contributed by atoms with Gasteiger partial charge in [-0.15, -0.1) is 13.2 Å². The molecule has 1 heterocycles. The number of halogens is 3. The molecule has 1 fully saturated rings. The fourth-order valence-electron chi connectivity index (χ4n) is 2.35. The summed E-state index contributed by atoms with van der Waals surface area (Å²) >= 11 is 0. The summed E-state index contributed by atoms with van der Waals surface area (Å²) in [6.07, 6.45) is -4.82. The molecular weight excluding hydrogens is 301 g/mol. The number of ether oxygens (including phenoxy) is 2.